The van der Waals surface area contributed by atoms with Gasteiger partial charge < -0.3 is 21.7 Å². The van der Waals surface area contributed by atoms with Crippen molar-refractivity contribution in [2.45, 2.75) is 31.0 Å². The Morgan fingerprint density at radius 2 is 1.88 bits per heavy atom. The lowest BCUT2D eigenvalue weighted by Crippen LogP contribution is -2.74. The Balaban J connectivity index is 1.89. The molecule has 4 rings (SSSR count). The highest BCUT2D eigenvalue weighted by molar-refractivity contribution is 6.32. The largest absolute Gasteiger partial charge is 0.507 e. The Kier molecular flexibility index (Phi) is 5.26. The van der Waals surface area contributed by atoms with E-state index in [4.69, 9.17) is 11.5 Å². The van der Waals surface area contributed by atoms with Gasteiger partial charge in [-0.05, 0) is 38.9 Å². The predicted octanol–water partition coefficient (Wildman–Crippen LogP) is -1.54. The monoisotopic (exact) mass is 461 g/mol. The van der Waals surface area contributed by atoms with Crippen LogP contribution in [0.15, 0.2) is 6.07 Å². The summed E-state index contributed by atoms with van der Waals surface area (Å²) in [6.07, 6.45) is -0.265. The first kappa shape index (κ1) is 23.1. The van der Waals surface area contributed by atoms with Gasteiger partial charge >= 0.3 is 0 Å². The second-order valence-electron chi connectivity index (χ2n) is 9.21. The predicted molar refractivity (Wildman–Crippen MR) is 109 cm³/mol. The van der Waals surface area contributed by atoms with E-state index in [2.05, 4.69) is 0 Å². The molecule has 0 heterocycles. The van der Waals surface area contributed by atoms with Crippen LogP contribution >= 0.6 is 0 Å². The van der Waals surface area contributed by atoms with Gasteiger partial charge in [-0.1, -0.05) is 0 Å². The van der Waals surface area contributed by atoms with Crippen molar-refractivity contribution in [2.75, 3.05) is 14.1 Å². The van der Waals surface area contributed by atoms with Crippen molar-refractivity contribution in [3.63, 3.8) is 0 Å². The highest BCUT2D eigenvalue weighted by Gasteiger charge is 2.69. The smallest absolute Gasteiger partial charge is 0.235 e. The molecule has 6 N–H and O–H groups in total. The molecule has 3 aliphatic rings. The Bertz CT molecular complexity index is 1130. The van der Waals surface area contributed by atoms with Gasteiger partial charge in [0, 0.05) is 23.6 Å². The summed E-state index contributed by atoms with van der Waals surface area (Å²) in [6.45, 7) is -0.261. The Morgan fingerprint density at radius 3 is 2.42 bits per heavy atom. The zero-order valence-corrected chi connectivity index (χ0v) is 18.0. The quantitative estimate of drug-likeness (QED) is 0.388. The summed E-state index contributed by atoms with van der Waals surface area (Å²) in [5.74, 6) is -12.6. The molecule has 0 spiro atoms. The van der Waals surface area contributed by atoms with Gasteiger partial charge in [0.05, 0.1) is 17.5 Å². The summed E-state index contributed by atoms with van der Waals surface area (Å²) in [6, 6.07) is -0.180. The van der Waals surface area contributed by atoms with E-state index in [0.29, 0.717) is 0 Å². The third-order valence-electron chi connectivity index (χ3n) is 7.31. The average Bonchev–Trinajstić information content (AvgIpc) is 2.72. The number of ketones is 4. The SMILES string of the molecule is CN(C)[C@@H]1C(=O)C(C(N)=O)C(=O)[C@@]2(O)C(=O)C3C(=O)c4c(O)c(CN)cc(F)c4C[C@H]3C[C@@H]12. The first-order valence-corrected chi connectivity index (χ1v) is 10.5. The van der Waals surface area contributed by atoms with Crippen LogP contribution in [-0.4, -0.2) is 69.9 Å². The standard InChI is InChI=1S/C22H24FN3O7/c1-26(2)15-10-4-7-3-9-11(23)5-8(6-24)16(27)13(9)17(28)12(7)19(30)22(10,33)20(31)14(18(15)29)21(25)32/h5,7,10,12,14-15,27,33H,3-4,6,24H2,1-2H3,(H2,25,32)/t7-,10-,12?,14?,15-,22-/m0/s1. The Hall–Kier alpha value is -3.02. The topological polar surface area (TPSA) is 181 Å². The lowest BCUT2D eigenvalue weighted by Gasteiger charge is -2.52. The molecular weight excluding hydrogens is 437 g/mol. The number of fused-ring (bicyclic) bond motifs is 3. The molecule has 0 bridgehead atoms. The van der Waals surface area contributed by atoms with Gasteiger partial charge in [-0.25, -0.2) is 4.39 Å². The number of benzene rings is 1. The lowest BCUT2D eigenvalue weighted by molar-refractivity contribution is -0.181. The third-order valence-corrected chi connectivity index (χ3v) is 7.31. The molecule has 0 aliphatic heterocycles. The van der Waals surface area contributed by atoms with Crippen molar-refractivity contribution in [1.29, 1.82) is 0 Å². The molecule has 1 amide bonds. The van der Waals surface area contributed by atoms with Crippen LogP contribution in [0.2, 0.25) is 0 Å². The van der Waals surface area contributed by atoms with Gasteiger partial charge in [0.25, 0.3) is 0 Å². The first-order chi connectivity index (χ1) is 15.4. The molecule has 0 aromatic heterocycles. The molecule has 10 nitrogen and oxygen atoms in total. The number of phenols is 1. The fourth-order valence-electron chi connectivity index (χ4n) is 5.83. The molecule has 3 aliphatic carbocycles. The lowest BCUT2D eigenvalue weighted by atomic mass is 9.52. The number of phenolic OH excluding ortho intramolecular Hbond substituents is 1. The highest BCUT2D eigenvalue weighted by Crippen LogP contribution is 2.51. The summed E-state index contributed by atoms with van der Waals surface area (Å²) in [5.41, 5.74) is 7.44. The number of aromatic hydroxyl groups is 1. The van der Waals surface area contributed by atoms with E-state index in [9.17, 15) is 38.6 Å². The summed E-state index contributed by atoms with van der Waals surface area (Å²) in [5, 5.41) is 21.9. The van der Waals surface area contributed by atoms with E-state index in [1.54, 1.807) is 0 Å². The number of amides is 1. The summed E-state index contributed by atoms with van der Waals surface area (Å²) in [7, 11) is 2.97. The highest BCUT2D eigenvalue weighted by atomic mass is 19.1. The van der Waals surface area contributed by atoms with Crippen LogP contribution in [0.3, 0.4) is 0 Å². The van der Waals surface area contributed by atoms with E-state index in [1.807, 2.05) is 0 Å². The second-order valence-corrected chi connectivity index (χ2v) is 9.21. The molecule has 1 aromatic rings. The molecule has 176 valence electrons. The molecule has 6 atom stereocenters. The number of primary amides is 1. The fraction of sp³-hybridized carbons (Fsp3) is 0.500. The number of nitrogens with zero attached hydrogens (tertiary/aromatic N) is 1. The van der Waals surface area contributed by atoms with Crippen LogP contribution in [-0.2, 0) is 32.1 Å². The zero-order valence-electron chi connectivity index (χ0n) is 18.0. The summed E-state index contributed by atoms with van der Waals surface area (Å²) < 4.78 is 14.8. The van der Waals surface area contributed by atoms with Crippen LogP contribution in [0.1, 0.15) is 27.9 Å². The Morgan fingerprint density at radius 1 is 1.24 bits per heavy atom. The van der Waals surface area contributed by atoms with Crippen LogP contribution in [0.4, 0.5) is 4.39 Å². The van der Waals surface area contributed by atoms with Gasteiger partial charge in [0.2, 0.25) is 5.91 Å². The van der Waals surface area contributed by atoms with E-state index in [1.165, 1.54) is 19.0 Å². The number of hydrogen-bond donors (Lipinski definition) is 4. The normalized spacial score (nSPS) is 33.6. The molecule has 2 saturated carbocycles. The molecule has 11 heteroatoms. The second kappa shape index (κ2) is 7.51. The van der Waals surface area contributed by atoms with Crippen molar-refractivity contribution < 1.29 is 38.6 Å². The number of Topliss-reactive ketones (excluding diaryl/α,β-unsaturated/α-hetero) is 4. The third kappa shape index (κ3) is 2.92. The number of aliphatic hydroxyl groups is 1. The van der Waals surface area contributed by atoms with Crippen LogP contribution in [0.5, 0.6) is 5.75 Å². The van der Waals surface area contributed by atoms with Crippen molar-refractivity contribution in [3.05, 3.63) is 28.6 Å². The van der Waals surface area contributed by atoms with Crippen LogP contribution in [0.25, 0.3) is 0 Å². The van der Waals surface area contributed by atoms with Gasteiger partial charge in [0.1, 0.15) is 11.6 Å². The van der Waals surface area contributed by atoms with Gasteiger partial charge in [-0.2, -0.15) is 0 Å². The van der Waals surface area contributed by atoms with E-state index in [0.717, 1.165) is 6.07 Å². The molecule has 0 radical (unpaired) electrons. The van der Waals surface area contributed by atoms with Crippen molar-refractivity contribution >= 4 is 29.0 Å². The summed E-state index contributed by atoms with van der Waals surface area (Å²) >= 11 is 0. The van der Waals surface area contributed by atoms with Crippen molar-refractivity contribution in [1.82, 2.24) is 4.90 Å². The van der Waals surface area contributed by atoms with Gasteiger partial charge in [-0.3, -0.25) is 28.9 Å². The number of halogens is 1. The molecular formula is C22H24FN3O7. The minimum Gasteiger partial charge on any atom is -0.507 e. The number of hydrogen-bond acceptors (Lipinski definition) is 9. The average molecular weight is 461 g/mol. The molecule has 2 fully saturated rings. The van der Waals surface area contributed by atoms with Crippen LogP contribution < -0.4 is 11.5 Å². The maximum Gasteiger partial charge on any atom is 0.235 e. The first-order valence-electron chi connectivity index (χ1n) is 10.5. The molecule has 0 saturated heterocycles. The minimum atomic E-state index is -2.81. The number of carbonyl (C=O) groups is 5. The number of carbonyl (C=O) groups excluding carboxylic acids is 5. The molecule has 33 heavy (non-hydrogen) atoms. The maximum absolute atomic E-state index is 14.8. The van der Waals surface area contributed by atoms with Crippen molar-refractivity contribution in [3.8, 4) is 5.75 Å². The fourth-order valence-corrected chi connectivity index (χ4v) is 5.83. The summed E-state index contributed by atoms with van der Waals surface area (Å²) in [4.78, 5) is 66.3. The maximum atomic E-state index is 14.8. The van der Waals surface area contributed by atoms with Gasteiger partial charge in [-0.15, -0.1) is 0 Å². The minimum absolute atomic E-state index is 0.0290. The zero-order chi connectivity index (χ0) is 24.6. The molecule has 2 unspecified atom stereocenters. The number of rotatable bonds is 3. The Labute approximate surface area is 187 Å². The van der Waals surface area contributed by atoms with Gasteiger partial charge in [0.15, 0.2) is 34.7 Å². The number of likely N-dealkylation sites (N-methyl/N-ethyl adjacent to an activating group) is 1. The number of nitrogens with two attached hydrogens (primary N) is 2. The van der Waals surface area contributed by atoms with Crippen LogP contribution in [0, 0.1) is 29.5 Å². The van der Waals surface area contributed by atoms with E-state index in [-0.39, 0.29) is 30.5 Å². The van der Waals surface area contributed by atoms with E-state index >= 15 is 0 Å². The van der Waals surface area contributed by atoms with E-state index < -0.39 is 81.5 Å². The van der Waals surface area contributed by atoms with Crippen molar-refractivity contribution in [2.24, 2.45) is 35.1 Å². The molecule has 1 aromatic carbocycles.